The average Bonchev–Trinajstić information content (AvgIpc) is 2.61. The Bertz CT molecular complexity index is 1020. The number of ether oxygens (including phenoxy) is 1. The first kappa shape index (κ1) is 18.8. The highest BCUT2D eigenvalue weighted by Gasteiger charge is 2.19. The van der Waals surface area contributed by atoms with Crippen molar-refractivity contribution in [3.05, 3.63) is 52.7 Å². The van der Waals surface area contributed by atoms with Crippen molar-refractivity contribution in [2.45, 2.75) is 6.42 Å². The van der Waals surface area contributed by atoms with Crippen LogP contribution in [0, 0.1) is 0 Å². The van der Waals surface area contributed by atoms with E-state index in [0.717, 1.165) is 17.4 Å². The highest BCUT2D eigenvalue weighted by atomic mass is 16.5. The fourth-order valence-corrected chi connectivity index (χ4v) is 2.82. The van der Waals surface area contributed by atoms with E-state index in [1.54, 1.807) is 30.3 Å². The Kier molecular flexibility index (Phi) is 5.10. The van der Waals surface area contributed by atoms with Crippen LogP contribution in [0.4, 0.5) is 0 Å². The summed E-state index contributed by atoms with van der Waals surface area (Å²) in [6.45, 7) is 1.27. The van der Waals surface area contributed by atoms with Crippen LogP contribution >= 0.6 is 0 Å². The van der Waals surface area contributed by atoms with E-state index in [1.165, 1.54) is 12.1 Å². The van der Waals surface area contributed by atoms with Crippen molar-refractivity contribution in [1.29, 1.82) is 0 Å². The molecule has 0 saturated carbocycles. The van der Waals surface area contributed by atoms with Gasteiger partial charge in [0.2, 0.25) is 11.2 Å². The molecule has 0 bridgehead atoms. The lowest BCUT2D eigenvalue weighted by Gasteiger charge is -2.23. The van der Waals surface area contributed by atoms with E-state index < -0.39 is 0 Å². The van der Waals surface area contributed by atoms with E-state index >= 15 is 0 Å². The number of para-hydroxylation sites is 1. The van der Waals surface area contributed by atoms with Crippen LogP contribution in [0.5, 0.6) is 17.2 Å². The summed E-state index contributed by atoms with van der Waals surface area (Å²) in [6.07, 6.45) is 0.774. The Hall–Kier alpha value is -2.99. The zero-order valence-electron chi connectivity index (χ0n) is 15.7. The maximum atomic E-state index is 13.0. The van der Waals surface area contributed by atoms with Crippen LogP contribution in [0.1, 0.15) is 6.42 Å². The largest absolute Gasteiger partial charge is 0.504 e. The number of phenols is 2. The normalized spacial score (nSPS) is 11.7. The number of aromatic hydroxyl groups is 2. The standard InChI is InChI=1S/C21H23NO5/c1-22(2,3)11-6-12-26-21-19(25)15-7-4-5-8-18(15)27-20(21)14-9-10-16(23)17(24)13-14/h4-5,7-10,13H,6,11-12H2,1-3H3,(H-,23,24,25)/p+1. The van der Waals surface area contributed by atoms with Crippen LogP contribution in [0.25, 0.3) is 22.3 Å². The van der Waals surface area contributed by atoms with E-state index in [4.69, 9.17) is 9.15 Å². The molecular formula is C21H24NO5+. The summed E-state index contributed by atoms with van der Waals surface area (Å²) in [6, 6.07) is 11.2. The molecule has 6 nitrogen and oxygen atoms in total. The topological polar surface area (TPSA) is 79.9 Å². The lowest BCUT2D eigenvalue weighted by molar-refractivity contribution is -0.870. The van der Waals surface area contributed by atoms with Crippen LogP contribution < -0.4 is 10.2 Å². The second-order valence-electron chi connectivity index (χ2n) is 7.51. The first-order valence-corrected chi connectivity index (χ1v) is 8.78. The molecule has 1 aromatic heterocycles. The summed E-state index contributed by atoms with van der Waals surface area (Å²) in [7, 11) is 6.28. The summed E-state index contributed by atoms with van der Waals surface area (Å²) in [4.78, 5) is 13.0. The maximum absolute atomic E-state index is 13.0. The predicted octanol–water partition coefficient (Wildman–Crippen LogP) is 3.35. The van der Waals surface area contributed by atoms with Crippen molar-refractivity contribution in [3.63, 3.8) is 0 Å². The molecule has 27 heavy (non-hydrogen) atoms. The lowest BCUT2D eigenvalue weighted by atomic mass is 10.1. The Labute approximate surface area is 157 Å². The Morgan fingerprint density at radius 2 is 1.78 bits per heavy atom. The summed E-state index contributed by atoms with van der Waals surface area (Å²) in [5, 5.41) is 19.8. The zero-order valence-corrected chi connectivity index (χ0v) is 15.7. The molecule has 0 radical (unpaired) electrons. The average molecular weight is 370 g/mol. The van der Waals surface area contributed by atoms with Gasteiger partial charge in [-0.2, -0.15) is 0 Å². The number of fused-ring (bicyclic) bond motifs is 1. The number of phenolic OH excluding ortho intramolecular Hbond substituents is 2. The van der Waals surface area contributed by atoms with E-state index in [0.29, 0.717) is 23.1 Å². The zero-order chi connectivity index (χ0) is 19.6. The van der Waals surface area contributed by atoms with E-state index in [-0.39, 0.29) is 28.4 Å². The smallest absolute Gasteiger partial charge is 0.235 e. The molecule has 0 saturated heterocycles. The van der Waals surface area contributed by atoms with Crippen LogP contribution in [-0.4, -0.2) is 49.0 Å². The van der Waals surface area contributed by atoms with Crippen molar-refractivity contribution in [2.75, 3.05) is 34.3 Å². The summed E-state index contributed by atoms with van der Waals surface area (Å²) < 4.78 is 12.6. The molecule has 6 heteroatoms. The Morgan fingerprint density at radius 1 is 1.04 bits per heavy atom. The lowest BCUT2D eigenvalue weighted by Crippen LogP contribution is -2.36. The molecule has 142 valence electrons. The molecular weight excluding hydrogens is 346 g/mol. The molecule has 0 aliphatic heterocycles. The second-order valence-corrected chi connectivity index (χ2v) is 7.51. The minimum Gasteiger partial charge on any atom is -0.504 e. The van der Waals surface area contributed by atoms with Gasteiger partial charge in [0.25, 0.3) is 0 Å². The van der Waals surface area contributed by atoms with Crippen molar-refractivity contribution in [3.8, 4) is 28.6 Å². The van der Waals surface area contributed by atoms with Crippen molar-refractivity contribution in [1.82, 2.24) is 0 Å². The molecule has 0 aliphatic rings. The molecule has 1 heterocycles. The van der Waals surface area contributed by atoms with Gasteiger partial charge in [-0.1, -0.05) is 12.1 Å². The van der Waals surface area contributed by atoms with Gasteiger partial charge in [-0.25, -0.2) is 0 Å². The van der Waals surface area contributed by atoms with Gasteiger partial charge in [0.15, 0.2) is 17.3 Å². The SMILES string of the molecule is C[N+](C)(C)CCCOc1c(-c2ccc(O)c(O)c2)oc2ccccc2c1=O. The number of rotatable bonds is 6. The van der Waals surface area contributed by atoms with Crippen molar-refractivity contribution < 1.29 is 23.9 Å². The molecule has 0 aliphatic carbocycles. The third kappa shape index (κ3) is 4.23. The second kappa shape index (κ2) is 7.32. The highest BCUT2D eigenvalue weighted by Crippen LogP contribution is 2.35. The third-order valence-electron chi connectivity index (χ3n) is 4.21. The van der Waals surface area contributed by atoms with Gasteiger partial charge in [-0.15, -0.1) is 0 Å². The molecule has 0 fully saturated rings. The summed E-state index contributed by atoms with van der Waals surface area (Å²) in [5.41, 5.74) is 0.628. The molecule has 3 rings (SSSR count). The van der Waals surface area contributed by atoms with Crippen molar-refractivity contribution in [2.24, 2.45) is 0 Å². The first-order chi connectivity index (χ1) is 12.8. The van der Waals surface area contributed by atoms with Crippen molar-refractivity contribution >= 4 is 11.0 Å². The van der Waals surface area contributed by atoms with E-state index in [9.17, 15) is 15.0 Å². The van der Waals surface area contributed by atoms with Crippen LogP contribution in [0.3, 0.4) is 0 Å². The van der Waals surface area contributed by atoms with Gasteiger partial charge in [0.1, 0.15) is 5.58 Å². The number of quaternary nitrogens is 1. The molecule has 0 unspecified atom stereocenters. The molecule has 0 amide bonds. The van der Waals surface area contributed by atoms with Gasteiger partial charge in [0, 0.05) is 12.0 Å². The Balaban J connectivity index is 2.04. The first-order valence-electron chi connectivity index (χ1n) is 8.78. The fraction of sp³-hybridized carbons (Fsp3) is 0.286. The van der Waals surface area contributed by atoms with Gasteiger partial charge in [-0.3, -0.25) is 4.79 Å². The Morgan fingerprint density at radius 3 is 2.48 bits per heavy atom. The van der Waals surface area contributed by atoms with E-state index in [1.807, 2.05) is 0 Å². The number of hydrogen-bond acceptors (Lipinski definition) is 5. The molecule has 0 spiro atoms. The third-order valence-corrected chi connectivity index (χ3v) is 4.21. The highest BCUT2D eigenvalue weighted by molar-refractivity contribution is 5.82. The summed E-state index contributed by atoms with van der Waals surface area (Å²) in [5.74, 6) is -0.189. The molecule has 3 aromatic rings. The quantitative estimate of drug-likeness (QED) is 0.395. The van der Waals surface area contributed by atoms with Crippen LogP contribution in [-0.2, 0) is 0 Å². The minimum atomic E-state index is -0.292. The monoisotopic (exact) mass is 370 g/mol. The predicted molar refractivity (Wildman–Crippen MR) is 104 cm³/mol. The van der Waals surface area contributed by atoms with Crippen LogP contribution in [0.15, 0.2) is 51.7 Å². The van der Waals surface area contributed by atoms with Gasteiger partial charge >= 0.3 is 0 Å². The minimum absolute atomic E-state index is 0.111. The number of hydrogen-bond donors (Lipinski definition) is 2. The van der Waals surface area contributed by atoms with E-state index in [2.05, 4.69) is 21.1 Å². The molecule has 0 atom stereocenters. The van der Waals surface area contributed by atoms with Gasteiger partial charge < -0.3 is 23.9 Å². The van der Waals surface area contributed by atoms with Crippen LogP contribution in [0.2, 0.25) is 0 Å². The molecule has 2 aromatic carbocycles. The molecule has 2 N–H and O–H groups in total. The van der Waals surface area contributed by atoms with Gasteiger partial charge in [0.05, 0.1) is 39.7 Å². The number of nitrogens with zero attached hydrogens (tertiary/aromatic N) is 1. The van der Waals surface area contributed by atoms with Gasteiger partial charge in [-0.05, 0) is 30.3 Å². The summed E-state index contributed by atoms with van der Waals surface area (Å²) >= 11 is 0. The maximum Gasteiger partial charge on any atom is 0.235 e. The number of benzene rings is 2. The fourth-order valence-electron chi connectivity index (χ4n) is 2.82.